The van der Waals surface area contributed by atoms with Gasteiger partial charge in [-0.2, -0.15) is 0 Å². The Labute approximate surface area is 151 Å². The number of nitrogens with zero attached hydrogens (tertiary/aromatic N) is 1. The SMILES string of the molecule is CC1=C(CN=C=O)c2cc(F)ccc2/C1=C\c1ccc(S(C)(=O)=O)cc1. The summed E-state index contributed by atoms with van der Waals surface area (Å²) in [5.74, 6) is -0.358. The molecular weight excluding hydrogens is 353 g/mol. The van der Waals surface area contributed by atoms with E-state index in [2.05, 4.69) is 4.99 Å². The molecule has 2 aromatic rings. The van der Waals surface area contributed by atoms with E-state index in [1.807, 2.05) is 13.0 Å². The molecule has 132 valence electrons. The minimum atomic E-state index is -3.25. The number of aliphatic imine (C=N–C) groups is 1. The maximum atomic E-state index is 13.7. The van der Waals surface area contributed by atoms with Gasteiger partial charge in [-0.3, -0.25) is 0 Å². The molecule has 0 unspecified atom stereocenters. The van der Waals surface area contributed by atoms with Crippen molar-refractivity contribution in [2.75, 3.05) is 12.8 Å². The molecule has 4 nitrogen and oxygen atoms in total. The van der Waals surface area contributed by atoms with Crippen LogP contribution in [-0.2, 0) is 14.6 Å². The highest BCUT2D eigenvalue weighted by molar-refractivity contribution is 7.90. The summed E-state index contributed by atoms with van der Waals surface area (Å²) in [5, 5.41) is 0. The normalized spacial score (nSPS) is 15.1. The van der Waals surface area contributed by atoms with Crippen LogP contribution in [0.15, 0.2) is 57.9 Å². The fourth-order valence-electron chi connectivity index (χ4n) is 3.05. The van der Waals surface area contributed by atoms with Gasteiger partial charge in [0.15, 0.2) is 9.84 Å². The van der Waals surface area contributed by atoms with Crippen molar-refractivity contribution in [3.05, 3.63) is 70.5 Å². The van der Waals surface area contributed by atoms with E-state index in [-0.39, 0.29) is 17.3 Å². The summed E-state index contributed by atoms with van der Waals surface area (Å²) >= 11 is 0. The van der Waals surface area contributed by atoms with Crippen LogP contribution in [0.5, 0.6) is 0 Å². The Morgan fingerprint density at radius 3 is 2.42 bits per heavy atom. The minimum absolute atomic E-state index is 0.135. The maximum Gasteiger partial charge on any atom is 0.235 e. The smallest absolute Gasteiger partial charge is 0.224 e. The highest BCUT2D eigenvalue weighted by atomic mass is 32.2. The third-order valence-corrected chi connectivity index (χ3v) is 5.50. The number of sulfone groups is 1. The number of fused-ring (bicyclic) bond motifs is 1. The average molecular weight is 369 g/mol. The molecule has 0 radical (unpaired) electrons. The molecule has 1 aliphatic carbocycles. The summed E-state index contributed by atoms with van der Waals surface area (Å²) in [6.45, 7) is 2.03. The molecule has 0 amide bonds. The monoisotopic (exact) mass is 369 g/mol. The van der Waals surface area contributed by atoms with Gasteiger partial charge in [-0.15, -0.1) is 0 Å². The molecule has 1 aliphatic rings. The van der Waals surface area contributed by atoms with Crippen molar-refractivity contribution in [2.45, 2.75) is 11.8 Å². The number of carbonyl (C=O) groups excluding carboxylic acids is 1. The first-order chi connectivity index (χ1) is 12.3. The zero-order valence-corrected chi connectivity index (χ0v) is 15.1. The number of benzene rings is 2. The second-order valence-electron chi connectivity index (χ2n) is 6.10. The lowest BCUT2D eigenvalue weighted by atomic mass is 10.0. The van der Waals surface area contributed by atoms with Crippen LogP contribution in [0.2, 0.25) is 0 Å². The lowest BCUT2D eigenvalue weighted by molar-refractivity contribution is 0.564. The van der Waals surface area contributed by atoms with Crippen molar-refractivity contribution in [3.63, 3.8) is 0 Å². The molecule has 0 atom stereocenters. The topological polar surface area (TPSA) is 63.6 Å². The van der Waals surface area contributed by atoms with Crippen LogP contribution in [-0.4, -0.2) is 27.3 Å². The van der Waals surface area contributed by atoms with Crippen LogP contribution in [0.4, 0.5) is 4.39 Å². The fraction of sp³-hybridized carbons (Fsp3) is 0.150. The molecule has 26 heavy (non-hydrogen) atoms. The van der Waals surface area contributed by atoms with E-state index in [0.29, 0.717) is 5.56 Å². The van der Waals surface area contributed by atoms with Crippen LogP contribution >= 0.6 is 0 Å². The maximum absolute atomic E-state index is 13.7. The average Bonchev–Trinajstić information content (AvgIpc) is 2.84. The van der Waals surface area contributed by atoms with Crippen molar-refractivity contribution in [2.24, 2.45) is 4.99 Å². The van der Waals surface area contributed by atoms with Gasteiger partial charge >= 0.3 is 0 Å². The Balaban J connectivity index is 2.10. The Bertz CT molecular complexity index is 1090. The molecule has 0 aromatic heterocycles. The van der Waals surface area contributed by atoms with Crippen molar-refractivity contribution in [3.8, 4) is 0 Å². The van der Waals surface area contributed by atoms with E-state index in [1.54, 1.807) is 30.3 Å². The largest absolute Gasteiger partial charge is 0.235 e. The van der Waals surface area contributed by atoms with Gasteiger partial charge in [0, 0.05) is 6.26 Å². The van der Waals surface area contributed by atoms with Crippen LogP contribution in [0.25, 0.3) is 17.2 Å². The zero-order chi connectivity index (χ0) is 18.9. The van der Waals surface area contributed by atoms with E-state index < -0.39 is 9.84 Å². The Kier molecular flexibility index (Phi) is 4.72. The third-order valence-electron chi connectivity index (χ3n) is 4.37. The van der Waals surface area contributed by atoms with Crippen LogP contribution in [0, 0.1) is 5.82 Å². The van der Waals surface area contributed by atoms with Gasteiger partial charge in [-0.25, -0.2) is 22.6 Å². The summed E-state index contributed by atoms with van der Waals surface area (Å²) in [6, 6.07) is 11.1. The first-order valence-electron chi connectivity index (χ1n) is 7.87. The molecule has 0 fully saturated rings. The first kappa shape index (κ1) is 18.0. The van der Waals surface area contributed by atoms with E-state index in [9.17, 15) is 17.6 Å². The van der Waals surface area contributed by atoms with Gasteiger partial charge in [-0.05, 0) is 70.7 Å². The zero-order valence-electron chi connectivity index (χ0n) is 14.3. The van der Waals surface area contributed by atoms with Gasteiger partial charge in [0.1, 0.15) is 5.82 Å². The summed E-state index contributed by atoms with van der Waals surface area (Å²) in [6.07, 6.45) is 4.59. The molecule has 0 spiro atoms. The summed E-state index contributed by atoms with van der Waals surface area (Å²) < 4.78 is 36.8. The van der Waals surface area contributed by atoms with E-state index in [1.165, 1.54) is 18.2 Å². The highest BCUT2D eigenvalue weighted by Crippen LogP contribution is 2.42. The minimum Gasteiger partial charge on any atom is -0.224 e. The molecule has 0 heterocycles. The predicted molar refractivity (Wildman–Crippen MR) is 99.4 cm³/mol. The van der Waals surface area contributed by atoms with E-state index in [4.69, 9.17) is 0 Å². The van der Waals surface area contributed by atoms with Gasteiger partial charge in [0.25, 0.3) is 0 Å². The third kappa shape index (κ3) is 3.43. The van der Waals surface area contributed by atoms with Crippen LogP contribution in [0.1, 0.15) is 23.6 Å². The molecule has 0 saturated carbocycles. The number of isocyanates is 1. The fourth-order valence-corrected chi connectivity index (χ4v) is 3.68. The van der Waals surface area contributed by atoms with Gasteiger partial charge in [-0.1, -0.05) is 18.2 Å². The Morgan fingerprint density at radius 2 is 1.81 bits per heavy atom. The molecule has 3 rings (SSSR count). The second-order valence-corrected chi connectivity index (χ2v) is 8.12. The number of hydrogen-bond donors (Lipinski definition) is 0. The Morgan fingerprint density at radius 1 is 1.12 bits per heavy atom. The van der Waals surface area contributed by atoms with Gasteiger partial charge < -0.3 is 0 Å². The lowest BCUT2D eigenvalue weighted by Gasteiger charge is -2.05. The molecule has 6 heteroatoms. The van der Waals surface area contributed by atoms with Gasteiger partial charge in [0.05, 0.1) is 11.4 Å². The molecule has 0 saturated heterocycles. The summed E-state index contributed by atoms with van der Waals surface area (Å²) in [4.78, 5) is 14.4. The molecule has 0 bridgehead atoms. The number of rotatable bonds is 4. The Hall–Kier alpha value is -2.82. The number of hydrogen-bond acceptors (Lipinski definition) is 4. The quantitative estimate of drug-likeness (QED) is 0.607. The molecule has 2 aromatic carbocycles. The molecule has 0 aliphatic heterocycles. The van der Waals surface area contributed by atoms with Crippen LogP contribution in [0.3, 0.4) is 0 Å². The summed E-state index contributed by atoms with van der Waals surface area (Å²) in [7, 11) is -3.25. The van der Waals surface area contributed by atoms with Crippen molar-refractivity contribution in [1.29, 1.82) is 0 Å². The molecular formula is C20H16FNO3S. The standard InChI is InChI=1S/C20H16FNO3S/c1-13-18(9-14-3-6-16(7-4-14)26(2,24)25)17-8-5-15(21)10-19(17)20(13)11-22-12-23/h3-10H,11H2,1-2H3/b18-9-. The second kappa shape index (κ2) is 6.83. The van der Waals surface area contributed by atoms with Crippen molar-refractivity contribution < 1.29 is 17.6 Å². The first-order valence-corrected chi connectivity index (χ1v) is 9.76. The van der Waals surface area contributed by atoms with Crippen LogP contribution < -0.4 is 0 Å². The molecule has 0 N–H and O–H groups in total. The van der Waals surface area contributed by atoms with Crippen molar-refractivity contribution in [1.82, 2.24) is 0 Å². The lowest BCUT2D eigenvalue weighted by Crippen LogP contribution is -1.96. The summed E-state index contributed by atoms with van der Waals surface area (Å²) in [5.41, 5.74) is 4.96. The number of allylic oxidation sites excluding steroid dienone is 2. The van der Waals surface area contributed by atoms with Crippen molar-refractivity contribution >= 4 is 33.1 Å². The van der Waals surface area contributed by atoms with E-state index in [0.717, 1.165) is 34.1 Å². The van der Waals surface area contributed by atoms with E-state index >= 15 is 0 Å². The highest BCUT2D eigenvalue weighted by Gasteiger charge is 2.24. The van der Waals surface area contributed by atoms with Gasteiger partial charge in [0.2, 0.25) is 6.08 Å². The predicted octanol–water partition coefficient (Wildman–Crippen LogP) is 3.89. The number of halogens is 1.